The number of methoxy groups -OCH3 is 2. The Morgan fingerprint density at radius 3 is 2.63 bits per heavy atom. The first-order valence-corrected chi connectivity index (χ1v) is 7.11. The summed E-state index contributed by atoms with van der Waals surface area (Å²) in [6.45, 7) is 9.02. The lowest BCUT2D eigenvalue weighted by Gasteiger charge is -2.41. The molecule has 114 valence electrons. The first kappa shape index (κ1) is 16.4. The molecule has 0 saturated carbocycles. The number of esters is 1. The molecule has 4 heteroatoms. The van der Waals surface area contributed by atoms with Crippen LogP contribution in [0.4, 0.5) is 0 Å². The van der Waals surface area contributed by atoms with Crippen LogP contribution in [0.2, 0.25) is 0 Å². The Morgan fingerprint density at radius 2 is 2.11 bits per heavy atom. The van der Waals surface area contributed by atoms with Crippen LogP contribution in [0.25, 0.3) is 0 Å². The largest absolute Gasteiger partial charge is 0.469 e. The van der Waals surface area contributed by atoms with Crippen molar-refractivity contribution in [1.82, 2.24) is 5.32 Å². The minimum absolute atomic E-state index is 0. The highest BCUT2D eigenvalue weighted by Crippen LogP contribution is 2.38. The molecule has 1 unspecified atom stereocenters. The number of hydrogen-bond acceptors (Lipinski definition) is 4. The zero-order valence-electron chi connectivity index (χ0n) is 13.0. The summed E-state index contributed by atoms with van der Waals surface area (Å²) in [5.41, 5.74) is -0.133. The first-order chi connectivity index (χ1) is 8.83. The van der Waals surface area contributed by atoms with Crippen LogP contribution in [-0.2, 0) is 14.3 Å². The van der Waals surface area contributed by atoms with E-state index in [1.807, 2.05) is 0 Å². The monoisotopic (exact) mass is 273 g/mol. The molecule has 1 fully saturated rings. The van der Waals surface area contributed by atoms with Crippen molar-refractivity contribution in [3.63, 3.8) is 0 Å². The number of ether oxygens (including phenoxy) is 2. The van der Waals surface area contributed by atoms with Gasteiger partial charge in [0.05, 0.1) is 12.5 Å². The highest BCUT2D eigenvalue weighted by atomic mass is 16.5. The van der Waals surface area contributed by atoms with Gasteiger partial charge in [0.15, 0.2) is 0 Å². The third kappa shape index (κ3) is 4.77. The van der Waals surface area contributed by atoms with Crippen molar-refractivity contribution in [2.75, 3.05) is 33.9 Å². The fourth-order valence-electron chi connectivity index (χ4n) is 3.18. The summed E-state index contributed by atoms with van der Waals surface area (Å²) in [6, 6.07) is 0. The van der Waals surface area contributed by atoms with Gasteiger partial charge in [-0.15, -0.1) is 0 Å². The second kappa shape index (κ2) is 6.71. The maximum Gasteiger partial charge on any atom is 0.313 e. The van der Waals surface area contributed by atoms with Crippen LogP contribution in [0.5, 0.6) is 0 Å². The van der Waals surface area contributed by atoms with Crippen LogP contribution in [0.3, 0.4) is 0 Å². The standard InChI is InChI=1S/C15H29NO3.H2/c1-14(2,3)8-12-9-15(6-7-18-4,11-16-10-12)13(17)19-5;/h12,16H,6-11H2,1-5H3;1H/t12?,15-;/m1./s1. The summed E-state index contributed by atoms with van der Waals surface area (Å²) in [5.74, 6) is 0.417. The molecule has 0 aromatic rings. The molecule has 1 heterocycles. The molecule has 1 rings (SSSR count). The molecule has 0 aromatic heterocycles. The van der Waals surface area contributed by atoms with E-state index in [-0.39, 0.29) is 12.8 Å². The molecule has 1 aliphatic rings. The Kier molecular flexibility index (Phi) is 5.81. The number of hydrogen-bond donors (Lipinski definition) is 1. The van der Waals surface area contributed by atoms with Crippen molar-refractivity contribution in [3.05, 3.63) is 0 Å². The second-order valence-electron chi connectivity index (χ2n) is 6.98. The summed E-state index contributed by atoms with van der Waals surface area (Å²) in [6.07, 6.45) is 2.74. The molecule has 0 spiro atoms. The summed E-state index contributed by atoms with van der Waals surface area (Å²) < 4.78 is 10.2. The highest BCUT2D eigenvalue weighted by Gasteiger charge is 2.44. The maximum absolute atomic E-state index is 12.2. The van der Waals surface area contributed by atoms with E-state index in [0.29, 0.717) is 19.1 Å². The van der Waals surface area contributed by atoms with E-state index >= 15 is 0 Å². The van der Waals surface area contributed by atoms with Crippen molar-refractivity contribution < 1.29 is 15.7 Å². The van der Waals surface area contributed by atoms with Crippen LogP contribution >= 0.6 is 0 Å². The Labute approximate surface area is 118 Å². The van der Waals surface area contributed by atoms with Crippen molar-refractivity contribution >= 4 is 5.97 Å². The number of carbonyl (C=O) groups is 1. The Morgan fingerprint density at radius 1 is 1.42 bits per heavy atom. The lowest BCUT2D eigenvalue weighted by Crippen LogP contribution is -2.50. The van der Waals surface area contributed by atoms with Crippen molar-refractivity contribution in [3.8, 4) is 0 Å². The Hall–Kier alpha value is -0.610. The molecule has 1 N–H and O–H groups in total. The van der Waals surface area contributed by atoms with Crippen molar-refractivity contribution in [2.45, 2.75) is 40.0 Å². The quantitative estimate of drug-likeness (QED) is 0.782. The van der Waals surface area contributed by atoms with Gasteiger partial charge in [-0.05, 0) is 37.1 Å². The third-order valence-corrected chi connectivity index (χ3v) is 3.88. The number of nitrogens with one attached hydrogen (secondary N) is 1. The van der Waals surface area contributed by atoms with E-state index in [1.54, 1.807) is 7.11 Å². The van der Waals surface area contributed by atoms with Gasteiger partial charge in [-0.2, -0.15) is 0 Å². The average molecular weight is 273 g/mol. The van der Waals surface area contributed by atoms with Crippen LogP contribution < -0.4 is 5.32 Å². The lowest BCUT2D eigenvalue weighted by molar-refractivity contribution is -0.156. The van der Waals surface area contributed by atoms with Crippen LogP contribution in [0.15, 0.2) is 0 Å². The highest BCUT2D eigenvalue weighted by molar-refractivity contribution is 5.77. The van der Waals surface area contributed by atoms with Gasteiger partial charge in [0.25, 0.3) is 0 Å². The summed E-state index contributed by atoms with van der Waals surface area (Å²) in [4.78, 5) is 12.2. The van der Waals surface area contributed by atoms with Gasteiger partial charge in [0.2, 0.25) is 0 Å². The number of carbonyl (C=O) groups excluding carboxylic acids is 1. The second-order valence-corrected chi connectivity index (χ2v) is 6.98. The van der Waals surface area contributed by atoms with Crippen molar-refractivity contribution in [1.29, 1.82) is 0 Å². The molecule has 0 amide bonds. The molecule has 1 aliphatic heterocycles. The van der Waals surface area contributed by atoms with E-state index in [9.17, 15) is 4.79 Å². The SMILES string of the molecule is COCC[C@]1(C(=O)OC)CNCC(CC(C)(C)C)C1.[HH]. The zero-order valence-corrected chi connectivity index (χ0v) is 13.0. The van der Waals surface area contributed by atoms with Gasteiger partial charge in [-0.25, -0.2) is 0 Å². The third-order valence-electron chi connectivity index (χ3n) is 3.88. The summed E-state index contributed by atoms with van der Waals surface area (Å²) >= 11 is 0. The first-order valence-electron chi connectivity index (χ1n) is 7.11. The van der Waals surface area contributed by atoms with E-state index in [4.69, 9.17) is 9.47 Å². The summed E-state index contributed by atoms with van der Waals surface area (Å²) in [7, 11) is 3.15. The fraction of sp³-hybridized carbons (Fsp3) is 0.933. The summed E-state index contributed by atoms with van der Waals surface area (Å²) in [5, 5.41) is 3.42. The topological polar surface area (TPSA) is 47.6 Å². The smallest absolute Gasteiger partial charge is 0.313 e. The fourth-order valence-corrected chi connectivity index (χ4v) is 3.18. The lowest BCUT2D eigenvalue weighted by atomic mass is 9.70. The molecule has 0 radical (unpaired) electrons. The predicted molar refractivity (Wildman–Crippen MR) is 78.1 cm³/mol. The Balaban J connectivity index is 0.00000361. The number of piperidine rings is 1. The van der Waals surface area contributed by atoms with Gasteiger partial charge in [-0.1, -0.05) is 20.8 Å². The van der Waals surface area contributed by atoms with Crippen LogP contribution in [0, 0.1) is 16.7 Å². The van der Waals surface area contributed by atoms with E-state index in [0.717, 1.165) is 25.8 Å². The van der Waals surface area contributed by atoms with Gasteiger partial charge in [-0.3, -0.25) is 4.79 Å². The minimum atomic E-state index is -0.418. The molecule has 0 aromatic carbocycles. The molecule has 1 saturated heterocycles. The van der Waals surface area contributed by atoms with E-state index < -0.39 is 5.41 Å². The van der Waals surface area contributed by atoms with E-state index in [1.165, 1.54) is 7.11 Å². The number of rotatable bonds is 5. The molecular formula is C15H31NO3. The molecule has 0 aliphatic carbocycles. The zero-order chi connectivity index (χ0) is 14.5. The van der Waals surface area contributed by atoms with E-state index in [2.05, 4.69) is 26.1 Å². The van der Waals surface area contributed by atoms with Gasteiger partial charge in [0.1, 0.15) is 0 Å². The molecule has 2 atom stereocenters. The molecule has 19 heavy (non-hydrogen) atoms. The minimum Gasteiger partial charge on any atom is -0.469 e. The Bertz CT molecular complexity index is 304. The normalized spacial score (nSPS) is 28.2. The van der Waals surface area contributed by atoms with Crippen LogP contribution in [0.1, 0.15) is 41.5 Å². The molecular weight excluding hydrogens is 242 g/mol. The predicted octanol–water partition coefficient (Wildman–Crippen LogP) is 2.47. The van der Waals surface area contributed by atoms with Crippen molar-refractivity contribution in [2.24, 2.45) is 16.7 Å². The van der Waals surface area contributed by atoms with Gasteiger partial charge < -0.3 is 14.8 Å². The molecule has 0 bridgehead atoms. The van der Waals surface area contributed by atoms with Crippen LogP contribution in [-0.4, -0.2) is 39.9 Å². The maximum atomic E-state index is 12.2. The van der Waals surface area contributed by atoms with Gasteiger partial charge >= 0.3 is 5.97 Å². The average Bonchev–Trinajstić information content (AvgIpc) is 2.33. The molecule has 4 nitrogen and oxygen atoms in total. The van der Waals surface area contributed by atoms with Gasteiger partial charge in [0, 0.05) is 21.7 Å².